The number of aromatic nitrogens is 4. The van der Waals surface area contributed by atoms with E-state index in [4.69, 9.17) is 9.47 Å². The third-order valence-electron chi connectivity index (χ3n) is 3.07. The standard InChI is InChI=1S/C13H10N6O3/c20-12-10-11(14-5-15-12)18-13(17-10)19-16-4-7-1-2-8-9(3-7)22-6-21-8/h1-5H,6H2,(H3,14,15,17,18,19,20)/b16-4-. The quantitative estimate of drug-likeness (QED) is 0.487. The van der Waals surface area contributed by atoms with Gasteiger partial charge in [-0.1, -0.05) is 0 Å². The van der Waals surface area contributed by atoms with Crippen molar-refractivity contribution in [2.24, 2.45) is 5.10 Å². The van der Waals surface area contributed by atoms with Gasteiger partial charge in [-0.15, -0.1) is 0 Å². The first kappa shape index (κ1) is 12.4. The minimum absolute atomic E-state index is 0.231. The first-order chi connectivity index (χ1) is 10.8. The molecule has 0 saturated heterocycles. The lowest BCUT2D eigenvalue weighted by Gasteiger charge is -1.97. The van der Waals surface area contributed by atoms with Crippen LogP contribution < -0.4 is 20.5 Å². The summed E-state index contributed by atoms with van der Waals surface area (Å²) in [5.74, 6) is 1.73. The van der Waals surface area contributed by atoms with E-state index in [-0.39, 0.29) is 12.4 Å². The van der Waals surface area contributed by atoms with E-state index in [2.05, 4.69) is 30.5 Å². The van der Waals surface area contributed by atoms with Gasteiger partial charge in [0.05, 0.1) is 12.5 Å². The fraction of sp³-hybridized carbons (Fsp3) is 0.0769. The number of imidazole rings is 1. The summed E-state index contributed by atoms with van der Waals surface area (Å²) in [7, 11) is 0. The number of ether oxygens (including phenoxy) is 2. The van der Waals surface area contributed by atoms with Gasteiger partial charge in [-0.05, 0) is 23.8 Å². The van der Waals surface area contributed by atoms with Crippen molar-refractivity contribution in [3.8, 4) is 11.5 Å². The van der Waals surface area contributed by atoms with Crippen molar-refractivity contribution in [3.63, 3.8) is 0 Å². The summed E-state index contributed by atoms with van der Waals surface area (Å²) < 4.78 is 10.5. The van der Waals surface area contributed by atoms with Crippen molar-refractivity contribution in [2.75, 3.05) is 12.2 Å². The van der Waals surface area contributed by atoms with Crippen LogP contribution in [0.15, 0.2) is 34.4 Å². The van der Waals surface area contributed by atoms with Gasteiger partial charge in [0.25, 0.3) is 5.56 Å². The number of H-pyrrole nitrogens is 2. The summed E-state index contributed by atoms with van der Waals surface area (Å²) in [6, 6.07) is 5.48. The van der Waals surface area contributed by atoms with Crippen LogP contribution in [-0.4, -0.2) is 32.9 Å². The molecule has 3 N–H and O–H groups in total. The number of hydrogen-bond acceptors (Lipinski definition) is 7. The molecular formula is C13H10N6O3. The maximum absolute atomic E-state index is 11.5. The van der Waals surface area contributed by atoms with Gasteiger partial charge in [0.15, 0.2) is 22.7 Å². The van der Waals surface area contributed by atoms with Gasteiger partial charge in [-0.3, -0.25) is 4.79 Å². The predicted molar refractivity (Wildman–Crippen MR) is 78.3 cm³/mol. The normalized spacial score (nSPS) is 13.1. The zero-order valence-electron chi connectivity index (χ0n) is 11.2. The van der Waals surface area contributed by atoms with Crippen LogP contribution in [0.5, 0.6) is 11.5 Å². The molecule has 0 spiro atoms. The lowest BCUT2D eigenvalue weighted by atomic mass is 10.2. The fourth-order valence-electron chi connectivity index (χ4n) is 2.05. The first-order valence-corrected chi connectivity index (χ1v) is 6.42. The number of nitrogens with zero attached hydrogens (tertiary/aromatic N) is 3. The van der Waals surface area contributed by atoms with E-state index in [1.54, 1.807) is 6.21 Å². The van der Waals surface area contributed by atoms with E-state index >= 15 is 0 Å². The molecule has 0 amide bonds. The number of hydrazone groups is 1. The molecule has 0 atom stereocenters. The molecule has 3 aromatic rings. The Labute approximate surface area is 123 Å². The molecule has 0 saturated carbocycles. The second-order valence-corrected chi connectivity index (χ2v) is 4.50. The third kappa shape index (κ3) is 2.14. The minimum Gasteiger partial charge on any atom is -0.454 e. The van der Waals surface area contributed by atoms with Crippen molar-refractivity contribution in [3.05, 3.63) is 40.4 Å². The van der Waals surface area contributed by atoms with Crippen LogP contribution in [-0.2, 0) is 0 Å². The van der Waals surface area contributed by atoms with E-state index < -0.39 is 0 Å². The largest absolute Gasteiger partial charge is 0.454 e. The predicted octanol–water partition coefficient (Wildman–Crippen LogP) is 0.821. The second-order valence-electron chi connectivity index (χ2n) is 4.50. The zero-order chi connectivity index (χ0) is 14.9. The summed E-state index contributed by atoms with van der Waals surface area (Å²) in [5, 5.41) is 4.06. The molecule has 1 aromatic carbocycles. The molecule has 0 fully saturated rings. The Balaban J connectivity index is 1.53. The van der Waals surface area contributed by atoms with Crippen molar-refractivity contribution in [2.45, 2.75) is 0 Å². The highest BCUT2D eigenvalue weighted by Gasteiger charge is 2.12. The van der Waals surface area contributed by atoms with Crippen LogP contribution in [0.4, 0.5) is 5.95 Å². The molecule has 2 aromatic heterocycles. The first-order valence-electron chi connectivity index (χ1n) is 6.42. The molecule has 0 radical (unpaired) electrons. The Hall–Kier alpha value is -3.36. The fourth-order valence-corrected chi connectivity index (χ4v) is 2.05. The van der Waals surface area contributed by atoms with E-state index in [1.165, 1.54) is 6.33 Å². The molecule has 1 aliphatic rings. The maximum atomic E-state index is 11.5. The molecule has 3 heterocycles. The Kier molecular flexibility index (Phi) is 2.75. The highest BCUT2D eigenvalue weighted by molar-refractivity contribution is 5.81. The van der Waals surface area contributed by atoms with E-state index in [0.717, 1.165) is 5.56 Å². The molecule has 4 rings (SSSR count). The van der Waals surface area contributed by atoms with Crippen LogP contribution in [0.25, 0.3) is 11.2 Å². The van der Waals surface area contributed by atoms with Gasteiger partial charge in [-0.2, -0.15) is 10.1 Å². The van der Waals surface area contributed by atoms with E-state index in [1.807, 2.05) is 18.2 Å². The summed E-state index contributed by atoms with van der Waals surface area (Å²) in [4.78, 5) is 24.9. The molecular weight excluding hydrogens is 288 g/mol. The molecule has 9 heteroatoms. The Morgan fingerprint density at radius 3 is 3.14 bits per heavy atom. The van der Waals surface area contributed by atoms with E-state index in [0.29, 0.717) is 28.6 Å². The van der Waals surface area contributed by atoms with Crippen LogP contribution in [0.3, 0.4) is 0 Å². The molecule has 22 heavy (non-hydrogen) atoms. The van der Waals surface area contributed by atoms with Gasteiger partial charge in [-0.25, -0.2) is 10.4 Å². The zero-order valence-corrected chi connectivity index (χ0v) is 11.2. The number of hydrogen-bond donors (Lipinski definition) is 3. The number of nitrogens with one attached hydrogen (secondary N) is 3. The summed E-state index contributed by atoms with van der Waals surface area (Å²) in [6.45, 7) is 0.231. The molecule has 0 aliphatic carbocycles. The Morgan fingerprint density at radius 1 is 1.32 bits per heavy atom. The van der Waals surface area contributed by atoms with Gasteiger partial charge < -0.3 is 19.4 Å². The number of fused-ring (bicyclic) bond motifs is 2. The lowest BCUT2D eigenvalue weighted by molar-refractivity contribution is 0.174. The average molecular weight is 298 g/mol. The van der Waals surface area contributed by atoms with Crippen LogP contribution >= 0.6 is 0 Å². The number of rotatable bonds is 3. The van der Waals surface area contributed by atoms with Crippen LogP contribution in [0.1, 0.15) is 5.56 Å². The van der Waals surface area contributed by atoms with Gasteiger partial charge >= 0.3 is 0 Å². The topological polar surface area (TPSA) is 117 Å². The van der Waals surface area contributed by atoms with Crippen LogP contribution in [0.2, 0.25) is 0 Å². The summed E-state index contributed by atoms with van der Waals surface area (Å²) in [6.07, 6.45) is 2.90. The number of anilines is 1. The smallest absolute Gasteiger partial charge is 0.276 e. The lowest BCUT2D eigenvalue weighted by Crippen LogP contribution is -2.05. The van der Waals surface area contributed by atoms with Gasteiger partial charge in [0.2, 0.25) is 12.7 Å². The van der Waals surface area contributed by atoms with Gasteiger partial charge in [0, 0.05) is 0 Å². The molecule has 110 valence electrons. The second kappa shape index (κ2) is 4.88. The molecule has 0 bridgehead atoms. The Bertz CT molecular complexity index is 929. The number of aromatic amines is 2. The SMILES string of the molecule is O=c1[nH]cnc2nc(N/N=C\c3ccc4c(c3)OCO4)[nH]c12. The van der Waals surface area contributed by atoms with Crippen molar-refractivity contribution in [1.29, 1.82) is 0 Å². The summed E-state index contributed by atoms with van der Waals surface area (Å²) in [5.41, 5.74) is 3.88. The van der Waals surface area contributed by atoms with E-state index in [9.17, 15) is 4.79 Å². The summed E-state index contributed by atoms with van der Waals surface area (Å²) >= 11 is 0. The van der Waals surface area contributed by atoms with Crippen LogP contribution in [0, 0.1) is 0 Å². The highest BCUT2D eigenvalue weighted by atomic mass is 16.7. The van der Waals surface area contributed by atoms with Crippen molar-refractivity contribution < 1.29 is 9.47 Å². The maximum Gasteiger partial charge on any atom is 0.276 e. The third-order valence-corrected chi connectivity index (χ3v) is 3.07. The number of benzene rings is 1. The highest BCUT2D eigenvalue weighted by Crippen LogP contribution is 2.31. The molecule has 0 unspecified atom stereocenters. The average Bonchev–Trinajstić information content (AvgIpc) is 3.13. The molecule has 9 nitrogen and oxygen atoms in total. The monoisotopic (exact) mass is 298 g/mol. The van der Waals surface area contributed by atoms with Crippen molar-refractivity contribution >= 4 is 23.3 Å². The van der Waals surface area contributed by atoms with Gasteiger partial charge in [0.1, 0.15) is 0 Å². The molecule has 1 aliphatic heterocycles. The Morgan fingerprint density at radius 2 is 2.23 bits per heavy atom. The minimum atomic E-state index is -0.287. The van der Waals surface area contributed by atoms with Crippen molar-refractivity contribution in [1.82, 2.24) is 19.9 Å².